The van der Waals surface area contributed by atoms with Crippen LogP contribution in [0.25, 0.3) is 0 Å². The highest BCUT2D eigenvalue weighted by Crippen LogP contribution is 2.43. The van der Waals surface area contributed by atoms with E-state index in [2.05, 4.69) is 172 Å². The summed E-state index contributed by atoms with van der Waals surface area (Å²) in [6.45, 7) is 3.52. The van der Waals surface area contributed by atoms with Crippen LogP contribution in [0.5, 0.6) is 0 Å². The van der Waals surface area contributed by atoms with Gasteiger partial charge < -0.3 is 20.1 Å². The Balaban J connectivity index is 3.90. The van der Waals surface area contributed by atoms with Crippen LogP contribution in [0.2, 0.25) is 0 Å². The summed E-state index contributed by atoms with van der Waals surface area (Å²) in [5.41, 5.74) is 5.40. The number of rotatable bonds is 64. The summed E-state index contributed by atoms with van der Waals surface area (Å²) in [6, 6.07) is 0. The van der Waals surface area contributed by atoms with Crippen molar-refractivity contribution in [3.05, 3.63) is 158 Å². The summed E-state index contributed by atoms with van der Waals surface area (Å²) in [5.74, 6) is -0.836. The zero-order valence-corrected chi connectivity index (χ0v) is 56.3. The third-order valence-corrected chi connectivity index (χ3v) is 15.4. The number of carbonyl (C=O) groups is 2. The fourth-order valence-corrected chi connectivity index (χ4v) is 10.1. The van der Waals surface area contributed by atoms with E-state index in [4.69, 9.17) is 24.3 Å². The Kier molecular flexibility index (Phi) is 67.2. The molecule has 0 heterocycles. The van der Waals surface area contributed by atoms with E-state index in [9.17, 15) is 19.0 Å². The number of allylic oxidation sites excluding steroid dienone is 26. The molecule has 0 aliphatic heterocycles. The second-order valence-corrected chi connectivity index (χ2v) is 24.1. The monoisotopic (exact) mass is 1230 g/mol. The van der Waals surface area contributed by atoms with Crippen molar-refractivity contribution in [2.45, 2.75) is 290 Å². The van der Waals surface area contributed by atoms with E-state index in [0.29, 0.717) is 6.42 Å². The Labute approximate surface area is 534 Å². The minimum atomic E-state index is -4.40. The lowest BCUT2D eigenvalue weighted by Crippen LogP contribution is -2.29. The van der Waals surface area contributed by atoms with Crippen LogP contribution in [0, 0.1) is 0 Å². The highest BCUT2D eigenvalue weighted by Gasteiger charge is 2.26. The summed E-state index contributed by atoms with van der Waals surface area (Å²) in [7, 11) is -4.40. The summed E-state index contributed by atoms with van der Waals surface area (Å²) in [4.78, 5) is 35.4. The molecule has 0 amide bonds. The van der Waals surface area contributed by atoms with Crippen LogP contribution < -0.4 is 5.73 Å². The van der Waals surface area contributed by atoms with Crippen LogP contribution >= 0.6 is 7.82 Å². The van der Waals surface area contributed by atoms with Gasteiger partial charge in [0.05, 0.1) is 13.2 Å². The third-order valence-electron chi connectivity index (χ3n) is 14.4. The maximum absolute atomic E-state index is 12.8. The number of ether oxygens (including phenoxy) is 2. The number of esters is 2. The minimum absolute atomic E-state index is 0.0465. The molecule has 0 radical (unpaired) electrons. The second kappa shape index (κ2) is 70.7. The third kappa shape index (κ3) is 70.6. The molecule has 2 unspecified atom stereocenters. The van der Waals surface area contributed by atoms with Gasteiger partial charge in [0.1, 0.15) is 6.61 Å². The molecule has 0 aliphatic rings. The van der Waals surface area contributed by atoms with Crippen molar-refractivity contribution in [2.75, 3.05) is 26.4 Å². The predicted molar refractivity (Wildman–Crippen MR) is 376 cm³/mol. The van der Waals surface area contributed by atoms with E-state index in [-0.39, 0.29) is 38.6 Å². The van der Waals surface area contributed by atoms with Crippen LogP contribution in [0.3, 0.4) is 0 Å². The zero-order valence-electron chi connectivity index (χ0n) is 55.4. The number of hydrogen-bond donors (Lipinski definition) is 2. The topological polar surface area (TPSA) is 134 Å². The average molecular weight is 1230 g/mol. The van der Waals surface area contributed by atoms with E-state index in [1.54, 1.807) is 0 Å². The van der Waals surface area contributed by atoms with Crippen molar-refractivity contribution in [1.82, 2.24) is 0 Å². The highest BCUT2D eigenvalue weighted by atomic mass is 31.2. The molecule has 0 fully saturated rings. The fourth-order valence-electron chi connectivity index (χ4n) is 9.33. The van der Waals surface area contributed by atoms with E-state index < -0.39 is 26.5 Å². The summed E-state index contributed by atoms with van der Waals surface area (Å²) in [5, 5.41) is 0. The summed E-state index contributed by atoms with van der Waals surface area (Å²) >= 11 is 0. The summed E-state index contributed by atoms with van der Waals surface area (Å²) in [6.07, 6.45) is 103. The van der Waals surface area contributed by atoms with Crippen molar-refractivity contribution < 1.29 is 37.6 Å². The first-order valence-corrected chi connectivity index (χ1v) is 36.5. The highest BCUT2D eigenvalue weighted by molar-refractivity contribution is 7.47. The Bertz CT molecular complexity index is 1980. The molecule has 10 heteroatoms. The van der Waals surface area contributed by atoms with Gasteiger partial charge in [0.15, 0.2) is 6.10 Å². The maximum atomic E-state index is 12.8. The van der Waals surface area contributed by atoms with E-state index in [1.165, 1.54) is 116 Å². The van der Waals surface area contributed by atoms with Crippen molar-refractivity contribution in [3.8, 4) is 0 Å². The summed E-state index contributed by atoms with van der Waals surface area (Å²) < 4.78 is 33.2. The van der Waals surface area contributed by atoms with Gasteiger partial charge in [-0.05, 0) is 122 Å². The van der Waals surface area contributed by atoms with Gasteiger partial charge in [0.2, 0.25) is 0 Å². The van der Waals surface area contributed by atoms with Crippen LogP contribution in [0.4, 0.5) is 0 Å². The Morgan fingerprint density at radius 3 is 0.885 bits per heavy atom. The van der Waals surface area contributed by atoms with Crippen molar-refractivity contribution in [1.29, 1.82) is 0 Å². The van der Waals surface area contributed by atoms with Crippen LogP contribution in [0.1, 0.15) is 284 Å². The zero-order chi connectivity index (χ0) is 63.0. The molecule has 0 saturated heterocycles. The van der Waals surface area contributed by atoms with Crippen molar-refractivity contribution >= 4 is 19.8 Å². The Hall–Kier alpha value is -4.37. The quantitative estimate of drug-likeness (QED) is 0.0264. The molecule has 0 saturated carbocycles. The normalized spacial score (nSPS) is 13.9. The van der Waals surface area contributed by atoms with Gasteiger partial charge in [-0.3, -0.25) is 18.6 Å². The largest absolute Gasteiger partial charge is 0.472 e. The van der Waals surface area contributed by atoms with Crippen LogP contribution in [0.15, 0.2) is 158 Å². The van der Waals surface area contributed by atoms with E-state index >= 15 is 0 Å². The van der Waals surface area contributed by atoms with Crippen molar-refractivity contribution in [3.63, 3.8) is 0 Å². The van der Waals surface area contributed by atoms with Gasteiger partial charge in [0, 0.05) is 19.4 Å². The standard InChI is InChI=1S/C77H128NO8P/c1-3-5-7-9-11-13-15-17-19-21-23-25-27-29-30-31-32-33-34-35-36-37-38-39-40-41-42-43-44-46-48-50-52-54-56-58-60-62-64-66-68-70-77(80)86-75(74-85-87(81,82)84-72-71-78)73-83-76(79)69-67-65-63-61-59-57-55-53-51-49-47-45-28-26-24-22-20-18-16-14-12-10-8-6-4-2/h5-8,11-14,17-20,23-26,29-30,32-33,35-36,38-39,45,47,75H,3-4,9-10,15-16,21-22,27-28,31,34,37,40-44,46,48-74,78H2,1-2H3,(H,81,82)/b7-5-,8-6-,13-11-,14-12-,19-17-,20-18-,25-23-,26-24-,30-29-,33-32-,36-35-,39-38-,47-45-. The number of hydrogen-bond acceptors (Lipinski definition) is 8. The fraction of sp³-hybridized carbons (Fsp3) is 0.636. The molecular formula is C77H128NO8P. The van der Waals surface area contributed by atoms with Gasteiger partial charge in [0.25, 0.3) is 0 Å². The molecule has 0 aromatic heterocycles. The lowest BCUT2D eigenvalue weighted by Gasteiger charge is -2.19. The molecule has 0 aromatic carbocycles. The number of carbonyl (C=O) groups excluding carboxylic acids is 2. The lowest BCUT2D eigenvalue weighted by molar-refractivity contribution is -0.161. The van der Waals surface area contributed by atoms with Crippen molar-refractivity contribution in [2.24, 2.45) is 5.73 Å². The molecule has 0 spiro atoms. The first-order valence-electron chi connectivity index (χ1n) is 35.0. The van der Waals surface area contributed by atoms with E-state index in [1.807, 2.05) is 0 Å². The molecule has 0 aromatic rings. The molecule has 87 heavy (non-hydrogen) atoms. The molecule has 0 bridgehead atoms. The smallest absolute Gasteiger partial charge is 0.462 e. The Morgan fingerprint density at radius 2 is 0.598 bits per heavy atom. The molecule has 9 nitrogen and oxygen atoms in total. The van der Waals surface area contributed by atoms with Gasteiger partial charge in [-0.25, -0.2) is 4.57 Å². The van der Waals surface area contributed by atoms with Gasteiger partial charge in [-0.2, -0.15) is 0 Å². The minimum Gasteiger partial charge on any atom is -0.462 e. The van der Waals surface area contributed by atoms with Gasteiger partial charge >= 0.3 is 19.8 Å². The molecule has 494 valence electrons. The first kappa shape index (κ1) is 82.6. The second-order valence-electron chi connectivity index (χ2n) is 22.6. The molecule has 3 N–H and O–H groups in total. The van der Waals surface area contributed by atoms with Crippen LogP contribution in [-0.2, 0) is 32.7 Å². The van der Waals surface area contributed by atoms with Gasteiger partial charge in [-0.1, -0.05) is 307 Å². The SMILES string of the molecule is CC/C=C\C/C=C\C/C=C\C/C=C\C/C=C\C/C=C\C/C=C\C/C=C\CCCCCCCCCCCCCCCCCCC(=O)OC(COC(=O)CCCCCCCCCCC/C=C\C/C=C\C/C=C\C/C=C\C/C=C\CC)COP(=O)(O)OCCN. The first-order chi connectivity index (χ1) is 42.8. The Morgan fingerprint density at radius 1 is 0.345 bits per heavy atom. The molecule has 2 atom stereocenters. The van der Waals surface area contributed by atoms with Gasteiger partial charge in [-0.15, -0.1) is 0 Å². The number of phosphoric ester groups is 1. The lowest BCUT2D eigenvalue weighted by atomic mass is 10.0. The number of unbranched alkanes of at least 4 members (excludes halogenated alkanes) is 25. The van der Waals surface area contributed by atoms with Crippen LogP contribution in [-0.4, -0.2) is 49.3 Å². The molecule has 0 rings (SSSR count). The van der Waals surface area contributed by atoms with E-state index in [0.717, 1.165) is 135 Å². The average Bonchev–Trinajstić information content (AvgIpc) is 3.65. The maximum Gasteiger partial charge on any atom is 0.472 e. The molecular weight excluding hydrogens is 1100 g/mol. The number of phosphoric acid groups is 1. The molecule has 0 aliphatic carbocycles. The predicted octanol–water partition coefficient (Wildman–Crippen LogP) is 23.2. The number of nitrogens with two attached hydrogens (primary N) is 1.